The molecule has 23 heavy (non-hydrogen) atoms. The van der Waals surface area contributed by atoms with Gasteiger partial charge in [-0.05, 0) is 40.2 Å². The van der Waals surface area contributed by atoms with Crippen LogP contribution in [0.1, 0.15) is 46.1 Å². The van der Waals surface area contributed by atoms with Gasteiger partial charge in [-0.3, -0.25) is 9.69 Å². The van der Waals surface area contributed by atoms with E-state index in [0.29, 0.717) is 5.92 Å². The molecule has 1 aromatic carbocycles. The Morgan fingerprint density at radius 1 is 1.09 bits per heavy atom. The van der Waals surface area contributed by atoms with E-state index in [-0.39, 0.29) is 30.1 Å². The zero-order chi connectivity index (χ0) is 17.1. The first-order valence-electron chi connectivity index (χ1n) is 8.69. The summed E-state index contributed by atoms with van der Waals surface area (Å²) in [5, 5.41) is 0. The molecule has 0 aromatic heterocycles. The van der Waals surface area contributed by atoms with E-state index in [1.165, 1.54) is 5.56 Å². The summed E-state index contributed by atoms with van der Waals surface area (Å²) in [7, 11) is 0. The molecule has 0 spiro atoms. The summed E-state index contributed by atoms with van der Waals surface area (Å²) in [6.45, 7) is 11.9. The lowest BCUT2D eigenvalue weighted by Gasteiger charge is -2.35. The number of rotatable bonds is 5. The number of benzene rings is 1. The van der Waals surface area contributed by atoms with Crippen molar-refractivity contribution >= 4 is 5.91 Å². The van der Waals surface area contributed by atoms with Gasteiger partial charge in [-0.25, -0.2) is 0 Å². The zero-order valence-electron chi connectivity index (χ0n) is 15.1. The lowest BCUT2D eigenvalue weighted by molar-refractivity contribution is -0.139. The van der Waals surface area contributed by atoms with Crippen molar-refractivity contribution in [3.8, 4) is 0 Å². The average molecular weight is 317 g/mol. The van der Waals surface area contributed by atoms with Gasteiger partial charge in [0.1, 0.15) is 0 Å². The predicted molar refractivity (Wildman–Crippen MR) is 95.3 cm³/mol. The van der Waals surface area contributed by atoms with Crippen LogP contribution in [0.5, 0.6) is 0 Å². The van der Waals surface area contributed by atoms with Crippen molar-refractivity contribution in [1.82, 2.24) is 9.80 Å². The Morgan fingerprint density at radius 2 is 1.65 bits per heavy atom. The molecule has 128 valence electrons. The minimum Gasteiger partial charge on any atom is -0.336 e. The summed E-state index contributed by atoms with van der Waals surface area (Å²) < 4.78 is 0. The van der Waals surface area contributed by atoms with Crippen molar-refractivity contribution in [3.63, 3.8) is 0 Å². The fourth-order valence-corrected chi connectivity index (χ4v) is 3.71. The monoisotopic (exact) mass is 317 g/mol. The Labute approximate surface area is 140 Å². The van der Waals surface area contributed by atoms with Gasteiger partial charge in [0.15, 0.2) is 0 Å². The molecule has 0 aliphatic carbocycles. The molecule has 3 atom stereocenters. The molecule has 1 heterocycles. The standard InChI is InChI=1S/C19H31N3O/c1-13(2)22(14(3)4)19(23)15(5)21-11-17(18(20)12-21)16-9-7-6-8-10-16/h6-10,13-15,17-18H,11-12,20H2,1-5H3/t15?,17-,18+/m0/s1. The van der Waals surface area contributed by atoms with Crippen molar-refractivity contribution in [2.45, 2.75) is 64.7 Å². The molecule has 1 saturated heterocycles. The van der Waals surface area contributed by atoms with Crippen molar-refractivity contribution in [3.05, 3.63) is 35.9 Å². The molecular formula is C19H31N3O. The second-order valence-corrected chi connectivity index (χ2v) is 7.24. The molecular weight excluding hydrogens is 286 g/mol. The Morgan fingerprint density at radius 3 is 2.17 bits per heavy atom. The van der Waals surface area contributed by atoms with E-state index >= 15 is 0 Å². The highest BCUT2D eigenvalue weighted by atomic mass is 16.2. The highest BCUT2D eigenvalue weighted by Crippen LogP contribution is 2.28. The van der Waals surface area contributed by atoms with Crippen molar-refractivity contribution < 1.29 is 4.79 Å². The van der Waals surface area contributed by atoms with Gasteiger partial charge in [-0.2, -0.15) is 0 Å². The third-order valence-electron chi connectivity index (χ3n) is 4.89. The minimum absolute atomic E-state index is 0.0826. The first-order valence-corrected chi connectivity index (χ1v) is 8.69. The second kappa shape index (κ2) is 7.45. The number of hydrogen-bond acceptors (Lipinski definition) is 3. The smallest absolute Gasteiger partial charge is 0.240 e. The van der Waals surface area contributed by atoms with Crippen molar-refractivity contribution in [1.29, 1.82) is 0 Å². The third-order valence-corrected chi connectivity index (χ3v) is 4.89. The molecule has 0 radical (unpaired) electrons. The lowest BCUT2D eigenvalue weighted by Crippen LogP contribution is -2.51. The van der Waals surface area contributed by atoms with Crippen LogP contribution in [0.25, 0.3) is 0 Å². The van der Waals surface area contributed by atoms with Crippen LogP contribution in [0.3, 0.4) is 0 Å². The summed E-state index contributed by atoms with van der Waals surface area (Å²) in [4.78, 5) is 17.1. The van der Waals surface area contributed by atoms with E-state index in [4.69, 9.17) is 5.73 Å². The molecule has 1 fully saturated rings. The fraction of sp³-hybridized carbons (Fsp3) is 0.632. The quantitative estimate of drug-likeness (QED) is 0.907. The third kappa shape index (κ3) is 3.93. The number of nitrogens with zero attached hydrogens (tertiary/aromatic N) is 2. The molecule has 2 rings (SSSR count). The van der Waals surface area contributed by atoms with Gasteiger partial charge in [0.05, 0.1) is 6.04 Å². The maximum atomic E-state index is 12.9. The molecule has 4 nitrogen and oxygen atoms in total. The normalized spacial score (nSPS) is 23.5. The summed E-state index contributed by atoms with van der Waals surface area (Å²) >= 11 is 0. The zero-order valence-corrected chi connectivity index (χ0v) is 15.1. The summed E-state index contributed by atoms with van der Waals surface area (Å²) in [5.74, 6) is 0.508. The number of likely N-dealkylation sites (tertiary alicyclic amines) is 1. The summed E-state index contributed by atoms with van der Waals surface area (Å²) in [6, 6.07) is 10.8. The van der Waals surface area contributed by atoms with Crippen LogP contribution >= 0.6 is 0 Å². The highest BCUT2D eigenvalue weighted by molar-refractivity contribution is 5.82. The Balaban J connectivity index is 2.09. The van der Waals surface area contributed by atoms with Crippen LogP contribution in [-0.4, -0.2) is 53.0 Å². The number of hydrogen-bond donors (Lipinski definition) is 1. The lowest BCUT2D eigenvalue weighted by atomic mass is 9.95. The van der Waals surface area contributed by atoms with Crippen molar-refractivity contribution in [2.75, 3.05) is 13.1 Å². The van der Waals surface area contributed by atoms with Crippen LogP contribution in [0, 0.1) is 0 Å². The molecule has 1 aromatic rings. The minimum atomic E-state index is -0.125. The van der Waals surface area contributed by atoms with E-state index in [1.807, 2.05) is 17.9 Å². The largest absolute Gasteiger partial charge is 0.336 e. The second-order valence-electron chi connectivity index (χ2n) is 7.24. The van der Waals surface area contributed by atoms with Crippen LogP contribution in [0.15, 0.2) is 30.3 Å². The number of carbonyl (C=O) groups is 1. The maximum absolute atomic E-state index is 12.9. The van der Waals surface area contributed by atoms with E-state index in [2.05, 4.69) is 56.9 Å². The molecule has 4 heteroatoms. The Kier molecular flexibility index (Phi) is 5.82. The van der Waals surface area contributed by atoms with Gasteiger partial charge in [0.2, 0.25) is 5.91 Å². The van der Waals surface area contributed by atoms with Gasteiger partial charge in [0.25, 0.3) is 0 Å². The van der Waals surface area contributed by atoms with Crippen LogP contribution < -0.4 is 5.73 Å². The van der Waals surface area contributed by atoms with Gasteiger partial charge in [-0.1, -0.05) is 30.3 Å². The van der Waals surface area contributed by atoms with Gasteiger partial charge in [0, 0.05) is 37.1 Å². The average Bonchev–Trinajstić information content (AvgIpc) is 2.88. The number of amides is 1. The number of nitrogens with two attached hydrogens (primary N) is 1. The van der Waals surface area contributed by atoms with Gasteiger partial charge in [-0.15, -0.1) is 0 Å². The maximum Gasteiger partial charge on any atom is 0.240 e. The fourth-order valence-electron chi connectivity index (χ4n) is 3.71. The molecule has 1 aliphatic rings. The van der Waals surface area contributed by atoms with Crippen molar-refractivity contribution in [2.24, 2.45) is 5.73 Å². The van der Waals surface area contributed by atoms with E-state index in [0.717, 1.165) is 13.1 Å². The van der Waals surface area contributed by atoms with Crippen LogP contribution in [-0.2, 0) is 4.79 Å². The van der Waals surface area contributed by atoms with E-state index < -0.39 is 0 Å². The molecule has 2 N–H and O–H groups in total. The topological polar surface area (TPSA) is 49.6 Å². The number of carbonyl (C=O) groups excluding carboxylic acids is 1. The predicted octanol–water partition coefficient (Wildman–Crippen LogP) is 2.45. The van der Waals surface area contributed by atoms with Crippen LogP contribution in [0.2, 0.25) is 0 Å². The highest BCUT2D eigenvalue weighted by Gasteiger charge is 2.37. The molecule has 1 aliphatic heterocycles. The summed E-state index contributed by atoms with van der Waals surface area (Å²) in [5.41, 5.74) is 7.64. The Bertz CT molecular complexity index is 507. The molecule has 0 saturated carbocycles. The molecule has 0 bridgehead atoms. The first kappa shape index (κ1) is 18.0. The van der Waals surface area contributed by atoms with E-state index in [1.54, 1.807) is 0 Å². The first-order chi connectivity index (χ1) is 10.8. The van der Waals surface area contributed by atoms with E-state index in [9.17, 15) is 4.79 Å². The summed E-state index contributed by atoms with van der Waals surface area (Å²) in [6.07, 6.45) is 0. The van der Waals surface area contributed by atoms with Gasteiger partial charge >= 0.3 is 0 Å². The Hall–Kier alpha value is -1.39. The molecule has 1 unspecified atom stereocenters. The van der Waals surface area contributed by atoms with Crippen LogP contribution in [0.4, 0.5) is 0 Å². The molecule has 1 amide bonds. The SMILES string of the molecule is CC(C(=O)N(C(C)C)C(C)C)N1C[C@@H](N)[C@H](c2ccccc2)C1. The van der Waals surface area contributed by atoms with Gasteiger partial charge < -0.3 is 10.6 Å².